The van der Waals surface area contributed by atoms with Crippen LogP contribution in [0.25, 0.3) is 0 Å². The van der Waals surface area contributed by atoms with Crippen LogP contribution in [0.5, 0.6) is 0 Å². The van der Waals surface area contributed by atoms with Gasteiger partial charge in [0.2, 0.25) is 0 Å². The molecule has 1 saturated carbocycles. The Morgan fingerprint density at radius 2 is 2.10 bits per heavy atom. The molecule has 4 rings (SSSR count). The lowest BCUT2D eigenvalue weighted by molar-refractivity contribution is 0.250. The molecule has 0 bridgehead atoms. The molecule has 110 valence electrons. The van der Waals surface area contributed by atoms with Gasteiger partial charge in [-0.1, -0.05) is 47.5 Å². The van der Waals surface area contributed by atoms with Crippen molar-refractivity contribution in [3.63, 3.8) is 0 Å². The van der Waals surface area contributed by atoms with Crippen LogP contribution in [0, 0.1) is 0 Å². The van der Waals surface area contributed by atoms with Crippen molar-refractivity contribution in [3.8, 4) is 0 Å². The second-order valence-electron chi connectivity index (χ2n) is 6.06. The van der Waals surface area contributed by atoms with E-state index in [0.717, 1.165) is 11.7 Å². The summed E-state index contributed by atoms with van der Waals surface area (Å²) < 4.78 is 0. The Bertz CT molecular complexity index is 664. The Kier molecular flexibility index (Phi) is 3.29. The molecule has 1 aliphatic carbocycles. The minimum Gasteiger partial charge on any atom is -0.321 e. The number of benzene rings is 1. The van der Waals surface area contributed by atoms with Crippen molar-refractivity contribution < 1.29 is 0 Å². The minimum atomic E-state index is 0.0998. The third kappa shape index (κ3) is 2.05. The van der Waals surface area contributed by atoms with E-state index >= 15 is 0 Å². The summed E-state index contributed by atoms with van der Waals surface area (Å²) >= 11 is 14.1. The molecule has 0 N–H and O–H groups in total. The van der Waals surface area contributed by atoms with Crippen molar-refractivity contribution in [2.45, 2.75) is 37.6 Å². The molecule has 1 aromatic carbocycles. The highest BCUT2D eigenvalue weighted by molar-refractivity contribution is 8.16. The molecule has 0 aromatic heterocycles. The maximum absolute atomic E-state index is 6.25. The van der Waals surface area contributed by atoms with Gasteiger partial charge >= 0.3 is 0 Å². The van der Waals surface area contributed by atoms with Gasteiger partial charge in [-0.05, 0) is 42.9 Å². The van der Waals surface area contributed by atoms with Crippen molar-refractivity contribution in [1.82, 2.24) is 4.90 Å². The maximum atomic E-state index is 6.25. The Balaban J connectivity index is 1.74. The van der Waals surface area contributed by atoms with Gasteiger partial charge < -0.3 is 4.90 Å². The highest BCUT2D eigenvalue weighted by Crippen LogP contribution is 2.54. The third-order valence-corrected chi connectivity index (χ3v) is 6.36. The van der Waals surface area contributed by atoms with Crippen molar-refractivity contribution >= 4 is 40.1 Å². The van der Waals surface area contributed by atoms with Gasteiger partial charge in [0.15, 0.2) is 5.17 Å². The molecule has 1 fully saturated rings. The van der Waals surface area contributed by atoms with Gasteiger partial charge in [-0.15, -0.1) is 0 Å². The summed E-state index contributed by atoms with van der Waals surface area (Å²) in [4.78, 5) is 7.10. The van der Waals surface area contributed by atoms with Crippen molar-refractivity contribution in [2.24, 2.45) is 4.99 Å². The van der Waals surface area contributed by atoms with Crippen LogP contribution in [0.2, 0.25) is 10.0 Å². The number of thioether (sulfide) groups is 1. The van der Waals surface area contributed by atoms with Crippen molar-refractivity contribution in [2.75, 3.05) is 6.54 Å². The van der Waals surface area contributed by atoms with E-state index in [9.17, 15) is 0 Å². The molecule has 3 aliphatic rings. The van der Waals surface area contributed by atoms with Crippen LogP contribution < -0.4 is 0 Å². The monoisotopic (exact) mass is 338 g/mol. The lowest BCUT2D eigenvalue weighted by atomic mass is 9.62. The van der Waals surface area contributed by atoms with Gasteiger partial charge in [0.05, 0.1) is 16.1 Å². The number of fused-ring (bicyclic) bond motifs is 1. The third-order valence-electron chi connectivity index (χ3n) is 4.74. The zero-order valence-electron chi connectivity index (χ0n) is 11.8. The van der Waals surface area contributed by atoms with Crippen LogP contribution in [0.4, 0.5) is 0 Å². The summed E-state index contributed by atoms with van der Waals surface area (Å²) in [5.41, 5.74) is 2.79. The summed E-state index contributed by atoms with van der Waals surface area (Å²) in [7, 11) is 0. The summed E-state index contributed by atoms with van der Waals surface area (Å²) in [5, 5.41) is 4.72. The number of aliphatic imine (C=N–C) groups is 1. The first kappa shape index (κ1) is 14.0. The Labute approximate surface area is 139 Å². The number of allylic oxidation sites excluding steroid dienone is 1. The topological polar surface area (TPSA) is 15.6 Å². The van der Waals surface area contributed by atoms with E-state index in [4.69, 9.17) is 28.2 Å². The molecular weight excluding hydrogens is 323 g/mol. The highest BCUT2D eigenvalue weighted by Gasteiger charge is 2.48. The summed E-state index contributed by atoms with van der Waals surface area (Å²) in [6.45, 7) is 3.17. The molecular formula is C16H16Cl2N2S. The van der Waals surface area contributed by atoms with Crippen LogP contribution >= 0.6 is 35.0 Å². The molecule has 0 saturated heterocycles. The summed E-state index contributed by atoms with van der Waals surface area (Å²) in [5.74, 6) is 0. The predicted molar refractivity (Wildman–Crippen MR) is 91.3 cm³/mol. The van der Waals surface area contributed by atoms with E-state index in [1.165, 1.54) is 30.5 Å². The van der Waals surface area contributed by atoms with Crippen LogP contribution in [0.3, 0.4) is 0 Å². The molecule has 2 nitrogen and oxygen atoms in total. The fraction of sp³-hybridized carbons (Fsp3) is 0.438. The van der Waals surface area contributed by atoms with Gasteiger partial charge in [-0.25, -0.2) is 0 Å². The van der Waals surface area contributed by atoms with Gasteiger partial charge in [0, 0.05) is 17.7 Å². The lowest BCUT2D eigenvalue weighted by Gasteiger charge is -2.46. The van der Waals surface area contributed by atoms with Crippen LogP contribution in [-0.2, 0) is 5.41 Å². The molecule has 0 amide bonds. The van der Waals surface area contributed by atoms with E-state index in [0.29, 0.717) is 16.1 Å². The first-order valence-corrected chi connectivity index (χ1v) is 8.92. The largest absolute Gasteiger partial charge is 0.321 e. The Hall–Kier alpha value is -0.640. The number of nitrogens with zero attached hydrogens (tertiary/aromatic N) is 2. The molecule has 5 heteroatoms. The number of amidine groups is 1. The quantitative estimate of drug-likeness (QED) is 0.748. The zero-order chi connectivity index (χ0) is 14.6. The molecule has 2 aliphatic heterocycles. The highest BCUT2D eigenvalue weighted by atomic mass is 35.5. The molecule has 1 aromatic rings. The molecule has 2 heterocycles. The van der Waals surface area contributed by atoms with Gasteiger partial charge in [0.25, 0.3) is 0 Å². The Morgan fingerprint density at radius 1 is 1.29 bits per heavy atom. The van der Waals surface area contributed by atoms with Crippen molar-refractivity contribution in [3.05, 3.63) is 44.9 Å². The van der Waals surface area contributed by atoms with E-state index in [1.807, 2.05) is 12.1 Å². The summed E-state index contributed by atoms with van der Waals surface area (Å²) in [6, 6.07) is 6.49. The van der Waals surface area contributed by atoms with Gasteiger partial charge in [0.1, 0.15) is 0 Å². The smallest absolute Gasteiger partial charge is 0.168 e. The number of halogens is 2. The maximum Gasteiger partial charge on any atom is 0.168 e. The number of hydrogen-bond donors (Lipinski definition) is 0. The normalized spacial score (nSPS) is 26.2. The average molecular weight is 339 g/mol. The van der Waals surface area contributed by atoms with Crippen molar-refractivity contribution in [1.29, 1.82) is 0 Å². The number of hydrogen-bond acceptors (Lipinski definition) is 3. The SMILES string of the molecule is CC1CN2C(C3(c4ccc(Cl)c(Cl)c4)CCC3)=CSC2=N1. The second kappa shape index (κ2) is 4.94. The number of rotatable bonds is 2. The van der Waals surface area contributed by atoms with Gasteiger partial charge in [-0.3, -0.25) is 4.99 Å². The van der Waals surface area contributed by atoms with Crippen LogP contribution in [0.15, 0.2) is 34.3 Å². The van der Waals surface area contributed by atoms with Gasteiger partial charge in [-0.2, -0.15) is 0 Å². The molecule has 1 unspecified atom stereocenters. The molecule has 1 atom stereocenters. The van der Waals surface area contributed by atoms with E-state index in [1.54, 1.807) is 11.8 Å². The van der Waals surface area contributed by atoms with E-state index < -0.39 is 0 Å². The second-order valence-corrected chi connectivity index (χ2v) is 7.71. The lowest BCUT2D eigenvalue weighted by Crippen LogP contribution is -2.43. The molecule has 21 heavy (non-hydrogen) atoms. The predicted octanol–water partition coefficient (Wildman–Crippen LogP) is 5.06. The van der Waals surface area contributed by atoms with E-state index in [2.05, 4.69) is 23.3 Å². The first-order valence-electron chi connectivity index (χ1n) is 7.28. The van der Waals surface area contributed by atoms with E-state index in [-0.39, 0.29) is 5.41 Å². The molecule has 0 radical (unpaired) electrons. The molecule has 0 spiro atoms. The van der Waals surface area contributed by atoms with Crippen LogP contribution in [0.1, 0.15) is 31.7 Å². The fourth-order valence-electron chi connectivity index (χ4n) is 3.50. The summed E-state index contributed by atoms with van der Waals surface area (Å²) in [6.07, 6.45) is 3.61. The average Bonchev–Trinajstić information content (AvgIpc) is 2.93. The first-order chi connectivity index (χ1) is 10.1. The Morgan fingerprint density at radius 3 is 2.76 bits per heavy atom. The fourth-order valence-corrected chi connectivity index (χ4v) is 4.91. The minimum absolute atomic E-state index is 0.0998. The zero-order valence-corrected chi connectivity index (χ0v) is 14.1. The standard InChI is InChI=1S/C16H16Cl2N2S/c1-10-8-20-14(9-21-15(20)19-10)16(5-2-6-16)11-3-4-12(17)13(18)7-11/h3-4,7,9-10H,2,5-6,8H2,1H3. The van der Waals surface area contributed by atoms with Crippen LogP contribution in [-0.4, -0.2) is 22.7 Å².